The molecule has 2 N–H and O–H groups in total. The third-order valence-electron chi connectivity index (χ3n) is 6.52. The summed E-state index contributed by atoms with van der Waals surface area (Å²) < 4.78 is 42.4. The number of nitrogens with zero attached hydrogens (tertiary/aromatic N) is 2. The first-order chi connectivity index (χ1) is 19.7. The van der Waals surface area contributed by atoms with Gasteiger partial charge in [-0.1, -0.05) is 24.3 Å². The highest BCUT2D eigenvalue weighted by molar-refractivity contribution is 7.92. The van der Waals surface area contributed by atoms with Crippen LogP contribution in [0.15, 0.2) is 60.7 Å². The van der Waals surface area contributed by atoms with Gasteiger partial charge in [-0.25, -0.2) is 17.6 Å². The molecule has 1 unspecified atom stereocenters. The molecule has 0 spiro atoms. The molecule has 4 rings (SSSR count). The first-order valence-corrected chi connectivity index (χ1v) is 16.1. The molecular weight excluding hydrogens is 566 g/mol. The molecule has 2 heterocycles. The Kier molecular flexibility index (Phi) is 11.3. The minimum Gasteiger partial charge on any atom is -0.461 e. The lowest BCUT2D eigenvalue weighted by molar-refractivity contribution is 0.0195. The predicted octanol–water partition coefficient (Wildman–Crippen LogP) is 3.27. The minimum atomic E-state index is -3.67. The molecule has 2 aromatic carbocycles. The van der Waals surface area contributed by atoms with E-state index in [1.54, 1.807) is 53.8 Å². The number of sulfonamides is 1. The zero-order valence-electron chi connectivity index (χ0n) is 23.3. The Hall–Kier alpha value is -2.84. The molecule has 1 saturated heterocycles. The molecule has 222 valence electrons. The fraction of sp³-hybridized carbons (Fsp3) is 0.414. The van der Waals surface area contributed by atoms with Gasteiger partial charge in [-0.3, -0.25) is 4.90 Å². The van der Waals surface area contributed by atoms with E-state index in [2.05, 4.69) is 10.3 Å². The van der Waals surface area contributed by atoms with Gasteiger partial charge in [0.05, 0.1) is 43.4 Å². The highest BCUT2D eigenvalue weighted by Gasteiger charge is 2.19. The normalized spacial score (nSPS) is 15.0. The SMILES string of the molecule is Cc1ccc(CC(O)c2ccc(N(NCOCc3cccc(C(=O)OCCN4CCOCC4)c3)S(C)(=O)=O)cc2)s1. The van der Waals surface area contributed by atoms with Crippen LogP contribution >= 0.6 is 11.3 Å². The molecule has 1 fully saturated rings. The first kappa shape index (κ1) is 31.1. The average Bonchev–Trinajstić information content (AvgIpc) is 3.37. The summed E-state index contributed by atoms with van der Waals surface area (Å²) in [7, 11) is -3.67. The van der Waals surface area contributed by atoms with E-state index in [4.69, 9.17) is 14.2 Å². The van der Waals surface area contributed by atoms with Gasteiger partial charge in [0, 0.05) is 35.8 Å². The van der Waals surface area contributed by atoms with Crippen molar-refractivity contribution in [3.05, 3.63) is 87.1 Å². The van der Waals surface area contributed by atoms with E-state index in [0.29, 0.717) is 49.6 Å². The second-order valence-corrected chi connectivity index (χ2v) is 13.0. The van der Waals surface area contributed by atoms with Crippen molar-refractivity contribution in [2.45, 2.75) is 26.1 Å². The molecule has 1 atom stereocenters. The van der Waals surface area contributed by atoms with Crippen molar-refractivity contribution in [2.24, 2.45) is 0 Å². The topological polar surface area (TPSA) is 118 Å². The number of nitrogens with one attached hydrogen (secondary N) is 1. The summed E-state index contributed by atoms with van der Waals surface area (Å²) in [5.41, 5.74) is 5.05. The number of carbonyl (C=O) groups excluding carboxylic acids is 1. The zero-order valence-corrected chi connectivity index (χ0v) is 25.0. The van der Waals surface area contributed by atoms with Crippen molar-refractivity contribution < 1.29 is 32.5 Å². The molecule has 1 aromatic heterocycles. The number of hydrogen-bond donors (Lipinski definition) is 2. The maximum atomic E-state index is 12.5. The van der Waals surface area contributed by atoms with Gasteiger partial charge in [-0.15, -0.1) is 11.3 Å². The van der Waals surface area contributed by atoms with Gasteiger partial charge < -0.3 is 19.3 Å². The Labute approximate surface area is 245 Å². The highest BCUT2D eigenvalue weighted by atomic mass is 32.2. The summed E-state index contributed by atoms with van der Waals surface area (Å²) in [6, 6.07) is 17.7. The first-order valence-electron chi connectivity index (χ1n) is 13.4. The fourth-order valence-corrected chi connectivity index (χ4v) is 6.09. The number of aliphatic hydroxyl groups excluding tert-OH is 1. The Morgan fingerprint density at radius 1 is 1.15 bits per heavy atom. The van der Waals surface area contributed by atoms with Crippen LogP contribution in [0.3, 0.4) is 0 Å². The Bertz CT molecular complexity index is 1370. The number of morpholine rings is 1. The number of aryl methyl sites for hydroxylation is 1. The smallest absolute Gasteiger partial charge is 0.338 e. The van der Waals surface area contributed by atoms with E-state index in [9.17, 15) is 18.3 Å². The average molecular weight is 604 g/mol. The molecule has 3 aromatic rings. The van der Waals surface area contributed by atoms with Gasteiger partial charge >= 0.3 is 5.97 Å². The summed E-state index contributed by atoms with van der Waals surface area (Å²) in [6.45, 7) is 6.11. The number of ether oxygens (including phenoxy) is 3. The second-order valence-electron chi connectivity index (χ2n) is 9.79. The summed E-state index contributed by atoms with van der Waals surface area (Å²) in [5.74, 6) is -0.402. The third-order valence-corrected chi connectivity index (χ3v) is 8.55. The molecule has 0 aliphatic carbocycles. The zero-order chi connectivity index (χ0) is 29.2. The van der Waals surface area contributed by atoms with Crippen LogP contribution in [-0.2, 0) is 37.3 Å². The quantitative estimate of drug-likeness (QED) is 0.124. The third kappa shape index (κ3) is 9.60. The van der Waals surface area contributed by atoms with Crippen molar-refractivity contribution in [3.63, 3.8) is 0 Å². The Morgan fingerprint density at radius 3 is 2.59 bits per heavy atom. The molecule has 0 amide bonds. The Balaban J connectivity index is 1.26. The van der Waals surface area contributed by atoms with Gasteiger partial charge in [-0.2, -0.15) is 5.43 Å². The Morgan fingerprint density at radius 2 is 1.90 bits per heavy atom. The van der Waals surface area contributed by atoms with Crippen molar-refractivity contribution in [2.75, 3.05) is 56.9 Å². The molecule has 1 aliphatic heterocycles. The maximum absolute atomic E-state index is 12.5. The monoisotopic (exact) mass is 603 g/mol. The van der Waals surface area contributed by atoms with Crippen LogP contribution in [0.4, 0.5) is 5.69 Å². The molecule has 41 heavy (non-hydrogen) atoms. The summed E-state index contributed by atoms with van der Waals surface area (Å²) in [5, 5.41) is 10.6. The van der Waals surface area contributed by atoms with Crippen molar-refractivity contribution in [1.82, 2.24) is 10.3 Å². The molecule has 10 nitrogen and oxygen atoms in total. The van der Waals surface area contributed by atoms with Gasteiger partial charge in [0.25, 0.3) is 0 Å². The number of rotatable bonds is 14. The maximum Gasteiger partial charge on any atom is 0.338 e. The lowest BCUT2D eigenvalue weighted by Gasteiger charge is -2.26. The van der Waals surface area contributed by atoms with E-state index in [1.807, 2.05) is 25.1 Å². The fourth-order valence-electron chi connectivity index (χ4n) is 4.37. The number of anilines is 1. The number of hydrazine groups is 1. The van der Waals surface area contributed by atoms with Gasteiger partial charge in [-0.05, 0) is 54.4 Å². The number of aliphatic hydroxyl groups is 1. The van der Waals surface area contributed by atoms with E-state index < -0.39 is 22.1 Å². The second kappa shape index (κ2) is 14.9. The van der Waals surface area contributed by atoms with Gasteiger partial charge in [0.15, 0.2) is 0 Å². The summed E-state index contributed by atoms with van der Waals surface area (Å²) >= 11 is 1.64. The number of esters is 1. The molecule has 0 bridgehead atoms. The van der Waals surface area contributed by atoms with E-state index in [1.165, 1.54) is 4.88 Å². The molecule has 0 saturated carbocycles. The van der Waals surface area contributed by atoms with Crippen molar-refractivity contribution in [1.29, 1.82) is 0 Å². The number of thiophene rings is 1. The van der Waals surface area contributed by atoms with Crippen LogP contribution in [0.5, 0.6) is 0 Å². The largest absolute Gasteiger partial charge is 0.461 e. The van der Waals surface area contributed by atoms with E-state index >= 15 is 0 Å². The standard InChI is InChI=1S/C29H37N3O7S2/c1-22-6-11-27(40-22)19-28(33)24-7-9-26(10-8-24)32(41(2,35)36)30-21-38-20-23-4-3-5-25(18-23)29(34)39-17-14-31-12-15-37-16-13-31/h3-11,18,28,30,33H,12-17,19-21H2,1-2H3. The number of hydrogen-bond acceptors (Lipinski definition) is 10. The van der Waals surface area contributed by atoms with E-state index in [0.717, 1.165) is 34.2 Å². The molecule has 12 heteroatoms. The lowest BCUT2D eigenvalue weighted by Crippen LogP contribution is -2.43. The molecular formula is C29H37N3O7S2. The lowest BCUT2D eigenvalue weighted by atomic mass is 10.1. The highest BCUT2D eigenvalue weighted by Crippen LogP contribution is 2.25. The van der Waals surface area contributed by atoms with Crippen LogP contribution in [0.2, 0.25) is 0 Å². The predicted molar refractivity (Wildman–Crippen MR) is 158 cm³/mol. The van der Waals surface area contributed by atoms with Gasteiger partial charge in [0.1, 0.15) is 13.3 Å². The molecule has 0 radical (unpaired) electrons. The van der Waals surface area contributed by atoms with Crippen molar-refractivity contribution in [3.8, 4) is 0 Å². The van der Waals surface area contributed by atoms with Gasteiger partial charge in [0.2, 0.25) is 10.0 Å². The van der Waals surface area contributed by atoms with Crippen LogP contribution in [0.1, 0.15) is 37.3 Å². The summed E-state index contributed by atoms with van der Waals surface area (Å²) in [4.78, 5) is 16.9. The number of benzene rings is 2. The summed E-state index contributed by atoms with van der Waals surface area (Å²) in [6.07, 6.45) is 0.895. The van der Waals surface area contributed by atoms with Crippen LogP contribution in [-0.4, -0.2) is 76.8 Å². The van der Waals surface area contributed by atoms with Crippen molar-refractivity contribution >= 4 is 33.0 Å². The van der Waals surface area contributed by atoms with Crippen LogP contribution in [0, 0.1) is 6.92 Å². The minimum absolute atomic E-state index is 0.0939. The number of carbonyl (C=O) groups is 1. The van der Waals surface area contributed by atoms with Crippen LogP contribution in [0.25, 0.3) is 0 Å². The van der Waals surface area contributed by atoms with E-state index in [-0.39, 0.29) is 13.3 Å². The molecule has 1 aliphatic rings. The van der Waals surface area contributed by atoms with Crippen LogP contribution < -0.4 is 9.84 Å².